The second-order valence-electron chi connectivity index (χ2n) is 4.24. The molecule has 2 aromatic rings. The van der Waals surface area contributed by atoms with Gasteiger partial charge in [0.05, 0.1) is 23.2 Å². The van der Waals surface area contributed by atoms with Gasteiger partial charge in [-0.3, -0.25) is 0 Å². The standard InChI is InChI=1S/C13H15ClFN3O2/c1-2-6-19-7-10(16)12-17-13(20-18-12)8-4-3-5-9(14)11(8)15/h3-5,10H,2,6-7,16H2,1H3. The maximum Gasteiger partial charge on any atom is 0.261 e. The number of nitrogens with two attached hydrogens (primary N) is 1. The Hall–Kier alpha value is -1.50. The van der Waals surface area contributed by atoms with Crippen molar-refractivity contribution in [1.82, 2.24) is 10.1 Å². The SMILES string of the molecule is CCCOCC(N)c1noc(-c2cccc(Cl)c2F)n1. The van der Waals surface area contributed by atoms with Gasteiger partial charge in [0.1, 0.15) is 0 Å². The highest BCUT2D eigenvalue weighted by Crippen LogP contribution is 2.26. The van der Waals surface area contributed by atoms with Crippen LogP contribution in [-0.2, 0) is 4.74 Å². The summed E-state index contributed by atoms with van der Waals surface area (Å²) < 4.78 is 24.2. The first-order valence-corrected chi connectivity index (χ1v) is 6.62. The van der Waals surface area contributed by atoms with Crippen LogP contribution in [0.4, 0.5) is 4.39 Å². The van der Waals surface area contributed by atoms with Gasteiger partial charge >= 0.3 is 0 Å². The first-order valence-electron chi connectivity index (χ1n) is 6.24. The van der Waals surface area contributed by atoms with Gasteiger partial charge in [0, 0.05) is 6.61 Å². The van der Waals surface area contributed by atoms with Crippen molar-refractivity contribution in [1.29, 1.82) is 0 Å². The predicted molar refractivity (Wildman–Crippen MR) is 72.7 cm³/mol. The molecule has 0 saturated heterocycles. The smallest absolute Gasteiger partial charge is 0.261 e. The molecule has 1 aromatic heterocycles. The number of nitrogens with zero attached hydrogens (tertiary/aromatic N) is 2. The summed E-state index contributed by atoms with van der Waals surface area (Å²) in [4.78, 5) is 4.08. The van der Waals surface area contributed by atoms with Crippen LogP contribution in [0.25, 0.3) is 11.5 Å². The van der Waals surface area contributed by atoms with E-state index in [9.17, 15) is 4.39 Å². The van der Waals surface area contributed by atoms with E-state index in [0.717, 1.165) is 6.42 Å². The quantitative estimate of drug-likeness (QED) is 0.830. The maximum absolute atomic E-state index is 13.8. The van der Waals surface area contributed by atoms with Crippen molar-refractivity contribution < 1.29 is 13.7 Å². The highest BCUT2D eigenvalue weighted by Gasteiger charge is 2.18. The van der Waals surface area contributed by atoms with Gasteiger partial charge in [-0.05, 0) is 18.6 Å². The zero-order chi connectivity index (χ0) is 14.5. The summed E-state index contributed by atoms with van der Waals surface area (Å²) >= 11 is 5.71. The number of hydrogen-bond acceptors (Lipinski definition) is 5. The fourth-order valence-electron chi connectivity index (χ4n) is 1.59. The van der Waals surface area contributed by atoms with Gasteiger partial charge in [-0.2, -0.15) is 4.98 Å². The van der Waals surface area contributed by atoms with E-state index in [1.165, 1.54) is 12.1 Å². The summed E-state index contributed by atoms with van der Waals surface area (Å²) in [5.41, 5.74) is 6.02. The number of aromatic nitrogens is 2. The molecule has 1 atom stereocenters. The summed E-state index contributed by atoms with van der Waals surface area (Å²) in [6.45, 7) is 2.89. The fraction of sp³-hybridized carbons (Fsp3) is 0.385. The lowest BCUT2D eigenvalue weighted by Crippen LogP contribution is -2.18. The molecular formula is C13H15ClFN3O2. The summed E-state index contributed by atoms with van der Waals surface area (Å²) in [5, 5.41) is 3.74. The Kier molecular flexibility index (Phi) is 5.05. The van der Waals surface area contributed by atoms with E-state index < -0.39 is 11.9 Å². The third-order valence-electron chi connectivity index (χ3n) is 2.60. The highest BCUT2D eigenvalue weighted by atomic mass is 35.5. The Balaban J connectivity index is 2.14. The Morgan fingerprint density at radius 1 is 1.50 bits per heavy atom. The molecule has 0 bridgehead atoms. The van der Waals surface area contributed by atoms with Crippen LogP contribution in [0.3, 0.4) is 0 Å². The van der Waals surface area contributed by atoms with Gasteiger partial charge in [-0.25, -0.2) is 4.39 Å². The molecule has 0 radical (unpaired) electrons. The van der Waals surface area contributed by atoms with Crippen LogP contribution < -0.4 is 5.73 Å². The molecule has 0 saturated carbocycles. The Morgan fingerprint density at radius 3 is 3.05 bits per heavy atom. The van der Waals surface area contributed by atoms with Crippen molar-refractivity contribution in [2.45, 2.75) is 19.4 Å². The molecular weight excluding hydrogens is 285 g/mol. The lowest BCUT2D eigenvalue weighted by Gasteiger charge is -2.06. The van der Waals surface area contributed by atoms with E-state index in [-0.39, 0.29) is 28.9 Å². The molecule has 108 valence electrons. The van der Waals surface area contributed by atoms with Gasteiger partial charge in [0.2, 0.25) is 0 Å². The fourth-order valence-corrected chi connectivity index (χ4v) is 1.77. The number of ether oxygens (including phenoxy) is 1. The van der Waals surface area contributed by atoms with Crippen LogP contribution in [0.15, 0.2) is 22.7 Å². The normalized spacial score (nSPS) is 12.6. The predicted octanol–water partition coefficient (Wildman–Crippen LogP) is 2.96. The zero-order valence-electron chi connectivity index (χ0n) is 11.0. The lowest BCUT2D eigenvalue weighted by molar-refractivity contribution is 0.119. The topological polar surface area (TPSA) is 74.2 Å². The average molecular weight is 300 g/mol. The van der Waals surface area contributed by atoms with E-state index in [1.807, 2.05) is 6.92 Å². The van der Waals surface area contributed by atoms with Crippen LogP contribution in [0.5, 0.6) is 0 Å². The summed E-state index contributed by atoms with van der Waals surface area (Å²) in [6, 6.07) is 4.05. The van der Waals surface area contributed by atoms with Gasteiger partial charge in [-0.1, -0.05) is 29.7 Å². The molecule has 0 fully saturated rings. The van der Waals surface area contributed by atoms with Crippen LogP contribution in [-0.4, -0.2) is 23.4 Å². The van der Waals surface area contributed by atoms with Gasteiger partial charge in [0.15, 0.2) is 11.6 Å². The molecule has 0 spiro atoms. The average Bonchev–Trinajstić information content (AvgIpc) is 2.91. The summed E-state index contributed by atoms with van der Waals surface area (Å²) in [7, 11) is 0. The number of benzene rings is 1. The first kappa shape index (κ1) is 14.9. The van der Waals surface area contributed by atoms with Crippen LogP contribution in [0, 0.1) is 5.82 Å². The van der Waals surface area contributed by atoms with E-state index in [4.69, 9.17) is 26.6 Å². The third-order valence-corrected chi connectivity index (χ3v) is 2.89. The minimum atomic E-state index is -0.597. The minimum Gasteiger partial charge on any atom is -0.379 e. The Labute approximate surface area is 120 Å². The van der Waals surface area contributed by atoms with E-state index in [2.05, 4.69) is 10.1 Å². The molecule has 1 heterocycles. The highest BCUT2D eigenvalue weighted by molar-refractivity contribution is 6.31. The lowest BCUT2D eigenvalue weighted by atomic mass is 10.2. The molecule has 0 aliphatic heterocycles. The van der Waals surface area contributed by atoms with Crippen molar-refractivity contribution in [2.24, 2.45) is 5.73 Å². The first-order chi connectivity index (χ1) is 9.63. The monoisotopic (exact) mass is 299 g/mol. The van der Waals surface area contributed by atoms with E-state index in [1.54, 1.807) is 6.07 Å². The summed E-state index contributed by atoms with van der Waals surface area (Å²) in [5.74, 6) is -0.276. The molecule has 0 aliphatic rings. The maximum atomic E-state index is 13.8. The number of rotatable bonds is 6. The largest absolute Gasteiger partial charge is 0.379 e. The molecule has 20 heavy (non-hydrogen) atoms. The molecule has 5 nitrogen and oxygen atoms in total. The van der Waals surface area contributed by atoms with Crippen LogP contribution in [0.2, 0.25) is 5.02 Å². The van der Waals surface area contributed by atoms with E-state index >= 15 is 0 Å². The van der Waals surface area contributed by atoms with Gasteiger partial charge < -0.3 is 15.0 Å². The Morgan fingerprint density at radius 2 is 2.30 bits per heavy atom. The molecule has 1 aromatic carbocycles. The van der Waals surface area contributed by atoms with Crippen molar-refractivity contribution in [2.75, 3.05) is 13.2 Å². The Bertz CT molecular complexity index is 576. The molecule has 7 heteroatoms. The second-order valence-corrected chi connectivity index (χ2v) is 4.65. The number of halogens is 2. The van der Waals surface area contributed by atoms with Gasteiger partial charge in [0.25, 0.3) is 5.89 Å². The zero-order valence-corrected chi connectivity index (χ0v) is 11.7. The molecule has 0 amide bonds. The molecule has 2 N–H and O–H groups in total. The minimum absolute atomic E-state index is 0.00201. The molecule has 1 unspecified atom stereocenters. The third kappa shape index (κ3) is 3.33. The van der Waals surface area contributed by atoms with Crippen LogP contribution >= 0.6 is 11.6 Å². The van der Waals surface area contributed by atoms with Crippen molar-refractivity contribution in [3.05, 3.63) is 34.9 Å². The molecule has 0 aliphatic carbocycles. The van der Waals surface area contributed by atoms with Crippen molar-refractivity contribution in [3.63, 3.8) is 0 Å². The number of hydrogen-bond donors (Lipinski definition) is 1. The summed E-state index contributed by atoms with van der Waals surface area (Å²) in [6.07, 6.45) is 0.901. The van der Waals surface area contributed by atoms with Crippen LogP contribution in [0.1, 0.15) is 25.2 Å². The van der Waals surface area contributed by atoms with Crippen molar-refractivity contribution >= 4 is 11.6 Å². The second kappa shape index (κ2) is 6.78. The van der Waals surface area contributed by atoms with Crippen molar-refractivity contribution in [3.8, 4) is 11.5 Å². The molecule has 2 rings (SSSR count). The van der Waals surface area contributed by atoms with E-state index in [0.29, 0.717) is 6.61 Å². The van der Waals surface area contributed by atoms with Gasteiger partial charge in [-0.15, -0.1) is 0 Å².